The van der Waals surface area contributed by atoms with Crippen molar-refractivity contribution in [3.05, 3.63) is 64.8 Å². The molecule has 2 aliphatic rings. The molecule has 31 heavy (non-hydrogen) atoms. The van der Waals surface area contributed by atoms with Crippen LogP contribution in [0, 0.1) is 6.92 Å². The van der Waals surface area contributed by atoms with Gasteiger partial charge in [-0.05, 0) is 55.5 Å². The van der Waals surface area contributed by atoms with Gasteiger partial charge in [-0.2, -0.15) is 0 Å². The van der Waals surface area contributed by atoms with Crippen LogP contribution in [-0.2, 0) is 6.42 Å². The first-order valence-corrected chi connectivity index (χ1v) is 11.5. The summed E-state index contributed by atoms with van der Waals surface area (Å²) in [6.45, 7) is 2.80. The number of nitrogens with one attached hydrogen (secondary N) is 2. The lowest BCUT2D eigenvalue weighted by Crippen LogP contribution is -2.49. The summed E-state index contributed by atoms with van der Waals surface area (Å²) >= 11 is 0. The van der Waals surface area contributed by atoms with Crippen LogP contribution in [0.4, 0.5) is 4.79 Å². The van der Waals surface area contributed by atoms with Crippen LogP contribution in [0.5, 0.6) is 5.75 Å². The highest BCUT2D eigenvalue weighted by atomic mass is 16.5. The lowest BCUT2D eigenvalue weighted by atomic mass is 9.92. The SMILES string of the molecule is COc1ccc2[nH]c3c(c2c1)CCN(C(=O)NC1CCCCC1)C3c1ccc(C)cc1. The van der Waals surface area contributed by atoms with E-state index in [0.717, 1.165) is 41.8 Å². The Morgan fingerprint density at radius 3 is 2.61 bits per heavy atom. The van der Waals surface area contributed by atoms with Crippen molar-refractivity contribution < 1.29 is 9.53 Å². The average molecular weight is 418 g/mol. The highest BCUT2D eigenvalue weighted by Crippen LogP contribution is 2.39. The summed E-state index contributed by atoms with van der Waals surface area (Å²) in [6, 6.07) is 15.0. The Labute approximate surface area is 183 Å². The Morgan fingerprint density at radius 1 is 1.10 bits per heavy atom. The van der Waals surface area contributed by atoms with E-state index in [9.17, 15) is 4.79 Å². The second kappa shape index (κ2) is 8.29. The molecule has 1 aromatic heterocycles. The standard InChI is InChI=1S/C26H31N3O2/c1-17-8-10-18(11-9-17)25-24-21(22-16-20(31-2)12-13-23(22)28-24)14-15-29(25)26(30)27-19-6-4-3-5-7-19/h8-13,16,19,25,28H,3-7,14-15H2,1-2H3,(H,27,30). The minimum atomic E-state index is -0.119. The third-order valence-electron chi connectivity index (χ3n) is 6.92. The molecular weight excluding hydrogens is 386 g/mol. The van der Waals surface area contributed by atoms with Gasteiger partial charge in [-0.25, -0.2) is 4.79 Å². The van der Waals surface area contributed by atoms with Crippen molar-refractivity contribution in [3.8, 4) is 5.75 Å². The first-order chi connectivity index (χ1) is 15.1. The Kier molecular flexibility index (Phi) is 5.34. The maximum atomic E-state index is 13.4. The van der Waals surface area contributed by atoms with Gasteiger partial charge in [0, 0.05) is 29.2 Å². The van der Waals surface area contributed by atoms with Gasteiger partial charge in [0.2, 0.25) is 0 Å². The smallest absolute Gasteiger partial charge is 0.318 e. The molecule has 0 saturated heterocycles. The molecule has 1 aliphatic carbocycles. The Balaban J connectivity index is 1.54. The number of nitrogens with zero attached hydrogens (tertiary/aromatic N) is 1. The van der Waals surface area contributed by atoms with Gasteiger partial charge in [-0.15, -0.1) is 0 Å². The number of hydrogen-bond acceptors (Lipinski definition) is 2. The average Bonchev–Trinajstić information content (AvgIpc) is 3.17. The molecule has 5 heteroatoms. The fraction of sp³-hybridized carbons (Fsp3) is 0.423. The molecule has 2 aromatic carbocycles. The van der Waals surface area contributed by atoms with Gasteiger partial charge >= 0.3 is 6.03 Å². The third-order valence-corrected chi connectivity index (χ3v) is 6.92. The number of urea groups is 1. The highest BCUT2D eigenvalue weighted by molar-refractivity contribution is 5.87. The molecule has 1 fully saturated rings. The van der Waals surface area contributed by atoms with Crippen LogP contribution in [0.3, 0.4) is 0 Å². The molecule has 0 spiro atoms. The summed E-state index contributed by atoms with van der Waals surface area (Å²) in [7, 11) is 1.70. The van der Waals surface area contributed by atoms with E-state index in [2.05, 4.69) is 53.6 Å². The van der Waals surface area contributed by atoms with E-state index in [1.54, 1.807) is 7.11 Å². The van der Waals surface area contributed by atoms with Crippen LogP contribution in [-0.4, -0.2) is 35.6 Å². The van der Waals surface area contributed by atoms with Crippen LogP contribution < -0.4 is 10.1 Å². The number of H-pyrrole nitrogens is 1. The summed E-state index contributed by atoms with van der Waals surface area (Å²) in [4.78, 5) is 19.1. The molecular formula is C26H31N3O2. The lowest BCUT2D eigenvalue weighted by Gasteiger charge is -2.37. The number of ether oxygens (including phenoxy) is 1. The highest BCUT2D eigenvalue weighted by Gasteiger charge is 2.35. The van der Waals surface area contributed by atoms with Crippen LogP contribution in [0.15, 0.2) is 42.5 Å². The molecule has 2 heterocycles. The number of carbonyl (C=O) groups excluding carboxylic acids is 1. The largest absolute Gasteiger partial charge is 0.497 e. The van der Waals surface area contributed by atoms with Gasteiger partial charge in [0.05, 0.1) is 13.2 Å². The van der Waals surface area contributed by atoms with Crippen LogP contribution >= 0.6 is 0 Å². The molecule has 0 radical (unpaired) electrons. The number of methoxy groups -OCH3 is 1. The van der Waals surface area contributed by atoms with Crippen LogP contribution in [0.1, 0.15) is 60.5 Å². The number of aromatic amines is 1. The number of rotatable bonds is 3. The van der Waals surface area contributed by atoms with Gasteiger partial charge in [0.1, 0.15) is 5.75 Å². The molecule has 5 rings (SSSR count). The topological polar surface area (TPSA) is 57.4 Å². The molecule has 2 N–H and O–H groups in total. The fourth-order valence-electron chi connectivity index (χ4n) is 5.21. The second-order valence-electron chi connectivity index (χ2n) is 8.97. The van der Waals surface area contributed by atoms with Gasteiger partial charge in [0.25, 0.3) is 0 Å². The second-order valence-corrected chi connectivity index (χ2v) is 8.97. The minimum absolute atomic E-state index is 0.0550. The van der Waals surface area contributed by atoms with Crippen molar-refractivity contribution in [2.24, 2.45) is 0 Å². The maximum Gasteiger partial charge on any atom is 0.318 e. The fourth-order valence-corrected chi connectivity index (χ4v) is 5.21. The Hall–Kier alpha value is -2.95. The molecule has 5 nitrogen and oxygen atoms in total. The van der Waals surface area contributed by atoms with E-state index in [1.165, 1.54) is 35.8 Å². The molecule has 1 atom stereocenters. The molecule has 3 aromatic rings. The predicted octanol–water partition coefficient (Wildman–Crippen LogP) is 5.47. The van der Waals surface area contributed by atoms with Crippen LogP contribution in [0.2, 0.25) is 0 Å². The Morgan fingerprint density at radius 2 is 1.87 bits per heavy atom. The summed E-state index contributed by atoms with van der Waals surface area (Å²) in [5.74, 6) is 0.860. The van der Waals surface area contributed by atoms with Gasteiger partial charge in [0.15, 0.2) is 0 Å². The quantitative estimate of drug-likeness (QED) is 0.593. The number of hydrogen-bond donors (Lipinski definition) is 2. The van der Waals surface area contributed by atoms with Crippen molar-refractivity contribution in [2.45, 2.75) is 57.5 Å². The van der Waals surface area contributed by atoms with Gasteiger partial charge in [-0.3, -0.25) is 0 Å². The maximum absolute atomic E-state index is 13.4. The van der Waals surface area contributed by atoms with E-state index in [-0.39, 0.29) is 12.1 Å². The van der Waals surface area contributed by atoms with E-state index < -0.39 is 0 Å². The molecule has 1 unspecified atom stereocenters. The summed E-state index contributed by atoms with van der Waals surface area (Å²) in [5, 5.41) is 4.53. The number of aryl methyl sites for hydroxylation is 1. The zero-order chi connectivity index (χ0) is 21.4. The van der Waals surface area contributed by atoms with Crippen molar-refractivity contribution >= 4 is 16.9 Å². The first kappa shape index (κ1) is 20.0. The first-order valence-electron chi connectivity index (χ1n) is 11.5. The number of fused-ring (bicyclic) bond motifs is 3. The number of benzene rings is 2. The van der Waals surface area contributed by atoms with E-state index in [4.69, 9.17) is 4.74 Å². The van der Waals surface area contributed by atoms with E-state index in [1.807, 2.05) is 11.0 Å². The molecule has 2 amide bonds. The number of aromatic nitrogens is 1. The van der Waals surface area contributed by atoms with Crippen molar-refractivity contribution in [2.75, 3.05) is 13.7 Å². The van der Waals surface area contributed by atoms with Gasteiger partial charge < -0.3 is 19.9 Å². The summed E-state index contributed by atoms with van der Waals surface area (Å²) < 4.78 is 5.46. The minimum Gasteiger partial charge on any atom is -0.497 e. The zero-order valence-corrected chi connectivity index (χ0v) is 18.4. The zero-order valence-electron chi connectivity index (χ0n) is 18.4. The molecule has 162 valence electrons. The molecule has 0 bridgehead atoms. The van der Waals surface area contributed by atoms with Crippen LogP contribution in [0.25, 0.3) is 10.9 Å². The van der Waals surface area contributed by atoms with E-state index in [0.29, 0.717) is 12.6 Å². The third kappa shape index (κ3) is 3.78. The Bertz CT molecular complexity index is 1080. The van der Waals surface area contributed by atoms with E-state index >= 15 is 0 Å². The number of amides is 2. The summed E-state index contributed by atoms with van der Waals surface area (Å²) in [5.41, 5.74) is 5.87. The summed E-state index contributed by atoms with van der Waals surface area (Å²) in [6.07, 6.45) is 6.71. The normalized spacial score (nSPS) is 19.3. The lowest BCUT2D eigenvalue weighted by molar-refractivity contribution is 0.172. The van der Waals surface area contributed by atoms with Gasteiger partial charge in [-0.1, -0.05) is 49.1 Å². The number of carbonyl (C=O) groups is 1. The van der Waals surface area contributed by atoms with Crippen molar-refractivity contribution in [1.82, 2.24) is 15.2 Å². The predicted molar refractivity (Wildman–Crippen MR) is 124 cm³/mol. The van der Waals surface area contributed by atoms with Crippen molar-refractivity contribution in [1.29, 1.82) is 0 Å². The monoisotopic (exact) mass is 417 g/mol. The van der Waals surface area contributed by atoms with Crippen molar-refractivity contribution in [3.63, 3.8) is 0 Å². The molecule has 1 aliphatic heterocycles. The molecule has 1 saturated carbocycles.